The first-order chi connectivity index (χ1) is 17.7. The van der Waals surface area contributed by atoms with Gasteiger partial charge < -0.3 is 14.7 Å². The molecular weight excluding hydrogens is 456 g/mol. The summed E-state index contributed by atoms with van der Waals surface area (Å²) in [4.78, 5) is 33.8. The number of pyridine rings is 3. The number of furan rings is 1. The zero-order valence-electron chi connectivity index (χ0n) is 19.0. The maximum Gasteiger partial charge on any atom is 0.227 e. The van der Waals surface area contributed by atoms with Gasteiger partial charge in [0.15, 0.2) is 11.5 Å². The molecule has 1 saturated carbocycles. The lowest BCUT2D eigenvalue weighted by Crippen LogP contribution is -2.28. The minimum atomic E-state index is 0.0556. The Bertz CT molecular complexity index is 1730. The fourth-order valence-corrected chi connectivity index (χ4v) is 4.50. The molecule has 0 aromatic carbocycles. The molecule has 1 amide bonds. The number of imidazole rings is 1. The number of hydrogen-bond acceptors (Lipinski definition) is 7. The highest BCUT2D eigenvalue weighted by molar-refractivity contribution is 5.97. The number of carbonyl (C=O) groups excluding carboxylic acids is 1. The molecule has 0 saturated heterocycles. The van der Waals surface area contributed by atoms with E-state index in [0.717, 1.165) is 57.9 Å². The Kier molecular flexibility index (Phi) is 4.63. The van der Waals surface area contributed by atoms with Crippen molar-refractivity contribution >= 4 is 33.7 Å². The first-order valence-electron chi connectivity index (χ1n) is 11.7. The van der Waals surface area contributed by atoms with Crippen LogP contribution in [-0.4, -0.2) is 41.0 Å². The number of amides is 1. The molecule has 1 aliphatic carbocycles. The summed E-state index contributed by atoms with van der Waals surface area (Å²) < 4.78 is 5.24. The van der Waals surface area contributed by atoms with Crippen LogP contribution in [0.1, 0.15) is 19.3 Å². The highest BCUT2D eigenvalue weighted by atomic mass is 16.3. The summed E-state index contributed by atoms with van der Waals surface area (Å²) >= 11 is 0. The van der Waals surface area contributed by atoms with Crippen LogP contribution in [-0.2, 0) is 4.79 Å². The van der Waals surface area contributed by atoms with E-state index < -0.39 is 0 Å². The van der Waals surface area contributed by atoms with Crippen LogP contribution in [0.3, 0.4) is 0 Å². The van der Waals surface area contributed by atoms with Gasteiger partial charge in [-0.3, -0.25) is 19.9 Å². The first kappa shape index (κ1) is 20.5. The lowest BCUT2D eigenvalue weighted by atomic mass is 9.85. The van der Waals surface area contributed by atoms with Crippen molar-refractivity contribution < 1.29 is 9.21 Å². The molecular formula is C26H20N8O2. The van der Waals surface area contributed by atoms with Crippen molar-refractivity contribution in [3.8, 4) is 33.8 Å². The molecule has 1 aliphatic rings. The Hall–Kier alpha value is -4.86. The van der Waals surface area contributed by atoms with Crippen LogP contribution >= 0.6 is 0 Å². The summed E-state index contributed by atoms with van der Waals surface area (Å²) in [5.41, 5.74) is 7.01. The number of anilines is 1. The third-order valence-corrected chi connectivity index (χ3v) is 6.68. The van der Waals surface area contributed by atoms with Crippen LogP contribution in [0, 0.1) is 5.92 Å². The molecule has 0 unspecified atom stereocenters. The quantitative estimate of drug-likeness (QED) is 0.320. The summed E-state index contributed by atoms with van der Waals surface area (Å²) in [6.45, 7) is 0. The smallest absolute Gasteiger partial charge is 0.227 e. The molecule has 1 fully saturated rings. The Balaban J connectivity index is 1.26. The number of aromatic nitrogens is 7. The predicted molar refractivity (Wildman–Crippen MR) is 134 cm³/mol. The van der Waals surface area contributed by atoms with Gasteiger partial charge in [0.25, 0.3) is 0 Å². The fraction of sp³-hybridized carbons (Fsp3) is 0.154. The van der Waals surface area contributed by atoms with Gasteiger partial charge in [-0.25, -0.2) is 9.97 Å². The van der Waals surface area contributed by atoms with E-state index in [1.54, 1.807) is 43.5 Å². The molecule has 0 aliphatic heterocycles. The molecule has 10 nitrogen and oxygen atoms in total. The van der Waals surface area contributed by atoms with Crippen molar-refractivity contribution in [3.63, 3.8) is 0 Å². The van der Waals surface area contributed by atoms with Crippen molar-refractivity contribution in [2.24, 2.45) is 5.92 Å². The van der Waals surface area contributed by atoms with E-state index in [2.05, 4.69) is 35.5 Å². The maximum absolute atomic E-state index is 12.4. The fourth-order valence-electron chi connectivity index (χ4n) is 4.50. The Morgan fingerprint density at radius 3 is 2.75 bits per heavy atom. The molecule has 3 N–H and O–H groups in total. The van der Waals surface area contributed by atoms with Crippen molar-refractivity contribution in [1.29, 1.82) is 0 Å². The number of rotatable bonds is 5. The summed E-state index contributed by atoms with van der Waals surface area (Å²) in [7, 11) is 0. The highest BCUT2D eigenvalue weighted by Gasteiger charge is 2.25. The molecule has 6 aromatic heterocycles. The maximum atomic E-state index is 12.4. The van der Waals surface area contributed by atoms with Gasteiger partial charge in [0.05, 0.1) is 41.5 Å². The van der Waals surface area contributed by atoms with Gasteiger partial charge in [-0.15, -0.1) is 0 Å². The number of nitrogens with zero attached hydrogens (tertiary/aromatic N) is 5. The first-order valence-corrected chi connectivity index (χ1v) is 11.7. The molecule has 36 heavy (non-hydrogen) atoms. The number of fused-ring (bicyclic) bond motifs is 2. The monoisotopic (exact) mass is 476 g/mol. The van der Waals surface area contributed by atoms with Crippen LogP contribution in [0.15, 0.2) is 66.1 Å². The zero-order valence-corrected chi connectivity index (χ0v) is 19.0. The molecule has 6 heterocycles. The van der Waals surface area contributed by atoms with Crippen LogP contribution in [0.2, 0.25) is 0 Å². The third-order valence-electron chi connectivity index (χ3n) is 6.68. The SMILES string of the molecule is O=C(Nc1cncc(-c2cnc3[nH]nc(-c4nc5c(-c6ccoc6)cncc5[nH]4)c3c2)c1)C1CCC1. The van der Waals surface area contributed by atoms with Crippen LogP contribution in [0.4, 0.5) is 5.69 Å². The van der Waals surface area contributed by atoms with Crippen LogP contribution in [0.5, 0.6) is 0 Å². The van der Waals surface area contributed by atoms with E-state index in [9.17, 15) is 4.79 Å². The van der Waals surface area contributed by atoms with E-state index in [4.69, 9.17) is 9.40 Å². The third kappa shape index (κ3) is 3.42. The Morgan fingerprint density at radius 1 is 1.03 bits per heavy atom. The van der Waals surface area contributed by atoms with Crippen molar-refractivity contribution in [2.75, 3.05) is 5.32 Å². The average Bonchev–Trinajstić information content (AvgIpc) is 3.61. The van der Waals surface area contributed by atoms with Gasteiger partial charge in [0, 0.05) is 46.8 Å². The van der Waals surface area contributed by atoms with Crippen molar-refractivity contribution in [2.45, 2.75) is 19.3 Å². The standard InChI is InChI=1S/C26H20N8O2/c35-26(14-2-1-3-14)30-18-6-16(8-27-10-18)17-7-19-23(33-34-24(19)29-9-17)25-31-21-12-28-11-20(22(21)32-25)15-4-5-36-13-15/h4-14H,1-3H2,(H,30,35)(H,31,32)(H,29,33,34). The second kappa shape index (κ2) is 8.12. The predicted octanol–water partition coefficient (Wildman–Crippen LogP) is 4.96. The molecule has 0 bridgehead atoms. The Morgan fingerprint density at radius 2 is 1.92 bits per heavy atom. The van der Waals surface area contributed by atoms with Gasteiger partial charge in [-0.2, -0.15) is 5.10 Å². The summed E-state index contributed by atoms with van der Waals surface area (Å²) in [5, 5.41) is 11.3. The van der Waals surface area contributed by atoms with Gasteiger partial charge >= 0.3 is 0 Å². The number of H-pyrrole nitrogens is 2. The molecule has 6 aromatic rings. The van der Waals surface area contributed by atoms with Gasteiger partial charge in [-0.1, -0.05) is 6.42 Å². The number of carbonyl (C=O) groups is 1. The van der Waals surface area contributed by atoms with Crippen molar-refractivity contribution in [3.05, 3.63) is 61.7 Å². The zero-order chi connectivity index (χ0) is 24.1. The van der Waals surface area contributed by atoms with E-state index in [0.29, 0.717) is 22.9 Å². The molecule has 7 rings (SSSR count). The number of aromatic amines is 2. The van der Waals surface area contributed by atoms with Gasteiger partial charge in [0.2, 0.25) is 5.91 Å². The largest absolute Gasteiger partial charge is 0.472 e. The molecule has 0 atom stereocenters. The normalized spacial score (nSPS) is 13.8. The van der Waals surface area contributed by atoms with E-state index >= 15 is 0 Å². The lowest BCUT2D eigenvalue weighted by molar-refractivity contribution is -0.122. The number of hydrogen-bond donors (Lipinski definition) is 3. The van der Waals surface area contributed by atoms with Gasteiger partial charge in [-0.05, 0) is 31.0 Å². The second-order valence-corrected chi connectivity index (χ2v) is 8.95. The molecule has 176 valence electrons. The highest BCUT2D eigenvalue weighted by Crippen LogP contribution is 2.33. The van der Waals surface area contributed by atoms with E-state index in [1.165, 1.54) is 0 Å². The molecule has 10 heteroatoms. The van der Waals surface area contributed by atoms with Gasteiger partial charge in [0.1, 0.15) is 11.2 Å². The minimum absolute atomic E-state index is 0.0556. The Labute approximate surface area is 204 Å². The van der Waals surface area contributed by atoms with Crippen LogP contribution < -0.4 is 5.32 Å². The number of nitrogens with one attached hydrogen (secondary N) is 3. The summed E-state index contributed by atoms with van der Waals surface area (Å²) in [6.07, 6.45) is 15.0. The summed E-state index contributed by atoms with van der Waals surface area (Å²) in [5.74, 6) is 0.765. The van der Waals surface area contributed by atoms with E-state index in [1.807, 2.05) is 18.2 Å². The van der Waals surface area contributed by atoms with Crippen molar-refractivity contribution in [1.82, 2.24) is 35.1 Å². The molecule has 0 radical (unpaired) electrons. The topological polar surface area (TPSA) is 138 Å². The molecule has 0 spiro atoms. The minimum Gasteiger partial charge on any atom is -0.472 e. The summed E-state index contributed by atoms with van der Waals surface area (Å²) in [6, 6.07) is 5.79. The van der Waals surface area contributed by atoms with Crippen LogP contribution in [0.25, 0.3) is 55.8 Å². The lowest BCUT2D eigenvalue weighted by Gasteiger charge is -2.24. The van der Waals surface area contributed by atoms with E-state index in [-0.39, 0.29) is 11.8 Å². The second-order valence-electron chi connectivity index (χ2n) is 8.95. The average molecular weight is 477 g/mol.